The number of carbonyl (C=O) groups is 1. The van der Waals surface area contributed by atoms with Gasteiger partial charge >= 0.3 is 0 Å². The molecule has 37 heavy (non-hydrogen) atoms. The highest BCUT2D eigenvalue weighted by molar-refractivity contribution is 5.93. The van der Waals surface area contributed by atoms with Gasteiger partial charge in [0.25, 0.3) is 5.91 Å². The van der Waals surface area contributed by atoms with Crippen molar-refractivity contribution in [1.29, 1.82) is 0 Å². The standard InChI is InChI=1S/C27H28FN7O2/c28-20-4-1-3-19(13-20)22-5-2-11-34(22)26-9-8-25-30-16-23(35(25)32-26)27(37)31-15-18-6-7-24(29-14-18)33-12-10-21(36)17-33/h1,3-4,6-9,13-14,16,21-22,36H,2,5,10-12,15,17H2,(H,31,37)/t21-,22-/m1/s1. The van der Waals surface area contributed by atoms with Gasteiger partial charge < -0.3 is 20.2 Å². The summed E-state index contributed by atoms with van der Waals surface area (Å²) in [6.45, 7) is 2.49. The van der Waals surface area contributed by atoms with E-state index >= 15 is 0 Å². The van der Waals surface area contributed by atoms with Crippen LogP contribution in [0.5, 0.6) is 0 Å². The van der Waals surface area contributed by atoms with Gasteiger partial charge in [-0.25, -0.2) is 18.9 Å². The Hall–Kier alpha value is -4.05. The average Bonchev–Trinajstić information content (AvgIpc) is 3.67. The van der Waals surface area contributed by atoms with Gasteiger partial charge in [-0.05, 0) is 60.7 Å². The van der Waals surface area contributed by atoms with Gasteiger partial charge in [0.2, 0.25) is 0 Å². The molecule has 10 heteroatoms. The predicted molar refractivity (Wildman–Crippen MR) is 137 cm³/mol. The third-order valence-corrected chi connectivity index (χ3v) is 7.11. The number of anilines is 2. The van der Waals surface area contributed by atoms with Gasteiger partial charge in [0.05, 0.1) is 18.3 Å². The number of halogens is 1. The molecule has 1 aromatic carbocycles. The number of rotatable bonds is 6. The minimum atomic E-state index is -0.307. The minimum Gasteiger partial charge on any atom is -0.391 e. The maximum absolute atomic E-state index is 13.9. The minimum absolute atomic E-state index is 0.0285. The van der Waals surface area contributed by atoms with E-state index < -0.39 is 0 Å². The SMILES string of the molecule is O=C(NCc1ccc(N2CC[C@@H](O)C2)nc1)c1cnc2ccc(N3CCC[C@@H]3c3cccc(F)c3)nn12. The van der Waals surface area contributed by atoms with Crippen LogP contribution in [0.4, 0.5) is 16.0 Å². The first-order chi connectivity index (χ1) is 18.0. The van der Waals surface area contributed by atoms with E-state index in [1.54, 1.807) is 22.8 Å². The molecule has 0 bridgehead atoms. The highest BCUT2D eigenvalue weighted by atomic mass is 19.1. The molecule has 4 aromatic rings. The summed E-state index contributed by atoms with van der Waals surface area (Å²) in [7, 11) is 0. The molecule has 2 aliphatic rings. The number of amides is 1. The van der Waals surface area contributed by atoms with Gasteiger partial charge in [-0.1, -0.05) is 18.2 Å². The lowest BCUT2D eigenvalue weighted by Crippen LogP contribution is -2.27. The molecule has 0 aliphatic carbocycles. The molecule has 2 aliphatic heterocycles. The Kier molecular flexibility index (Phi) is 6.17. The fourth-order valence-corrected chi connectivity index (χ4v) is 5.20. The van der Waals surface area contributed by atoms with Crippen LogP contribution in [0, 0.1) is 5.82 Å². The molecule has 0 saturated carbocycles. The van der Waals surface area contributed by atoms with Crippen LogP contribution in [0.1, 0.15) is 46.9 Å². The predicted octanol–water partition coefficient (Wildman–Crippen LogP) is 3.11. The number of aromatic nitrogens is 4. The summed E-state index contributed by atoms with van der Waals surface area (Å²) in [4.78, 5) is 26.1. The van der Waals surface area contributed by atoms with E-state index in [2.05, 4.69) is 20.2 Å². The number of nitrogens with one attached hydrogen (secondary N) is 1. The Labute approximate surface area is 213 Å². The van der Waals surface area contributed by atoms with Crippen LogP contribution in [0.2, 0.25) is 0 Å². The zero-order chi connectivity index (χ0) is 25.4. The number of pyridine rings is 1. The first-order valence-corrected chi connectivity index (χ1v) is 12.6. The molecule has 0 spiro atoms. The van der Waals surface area contributed by atoms with Crippen molar-refractivity contribution in [1.82, 2.24) is 24.9 Å². The summed E-state index contributed by atoms with van der Waals surface area (Å²) in [6, 6.07) is 14.3. The fraction of sp³-hybridized carbons (Fsp3) is 0.333. The number of benzene rings is 1. The number of nitrogens with zero attached hydrogens (tertiary/aromatic N) is 6. The highest BCUT2D eigenvalue weighted by Crippen LogP contribution is 2.35. The molecule has 1 amide bonds. The first-order valence-electron chi connectivity index (χ1n) is 12.6. The summed E-state index contributed by atoms with van der Waals surface area (Å²) >= 11 is 0. The summed E-state index contributed by atoms with van der Waals surface area (Å²) in [5, 5.41) is 17.4. The quantitative estimate of drug-likeness (QED) is 0.419. The third-order valence-electron chi connectivity index (χ3n) is 7.11. The Morgan fingerprint density at radius 2 is 1.95 bits per heavy atom. The molecule has 2 saturated heterocycles. The largest absolute Gasteiger partial charge is 0.391 e. The van der Waals surface area contributed by atoms with Crippen molar-refractivity contribution >= 4 is 23.2 Å². The van der Waals surface area contributed by atoms with E-state index in [1.807, 2.05) is 35.2 Å². The molecule has 6 rings (SSSR count). The molecule has 0 radical (unpaired) electrons. The van der Waals surface area contributed by atoms with E-state index in [0.29, 0.717) is 24.4 Å². The van der Waals surface area contributed by atoms with Crippen molar-refractivity contribution in [3.63, 3.8) is 0 Å². The molecule has 2 atom stereocenters. The molecular weight excluding hydrogens is 473 g/mol. The van der Waals surface area contributed by atoms with Crippen LogP contribution >= 0.6 is 0 Å². The normalized spacial score (nSPS) is 19.6. The average molecular weight is 502 g/mol. The smallest absolute Gasteiger partial charge is 0.271 e. The fourth-order valence-electron chi connectivity index (χ4n) is 5.20. The van der Waals surface area contributed by atoms with Crippen LogP contribution in [0.25, 0.3) is 5.65 Å². The Balaban J connectivity index is 1.17. The van der Waals surface area contributed by atoms with Crippen molar-refractivity contribution in [3.8, 4) is 0 Å². The number of carbonyl (C=O) groups excluding carboxylic acids is 1. The Bertz CT molecular complexity index is 1420. The highest BCUT2D eigenvalue weighted by Gasteiger charge is 2.28. The van der Waals surface area contributed by atoms with Crippen LogP contribution in [-0.2, 0) is 6.54 Å². The van der Waals surface area contributed by atoms with E-state index in [4.69, 9.17) is 5.10 Å². The van der Waals surface area contributed by atoms with Gasteiger partial charge in [0, 0.05) is 32.4 Å². The molecule has 2 N–H and O–H groups in total. The van der Waals surface area contributed by atoms with Crippen LogP contribution in [0.3, 0.4) is 0 Å². The number of fused-ring (bicyclic) bond motifs is 1. The van der Waals surface area contributed by atoms with E-state index in [0.717, 1.165) is 55.1 Å². The van der Waals surface area contributed by atoms with E-state index in [9.17, 15) is 14.3 Å². The number of aliphatic hydroxyl groups is 1. The second kappa shape index (κ2) is 9.78. The number of hydrogen-bond acceptors (Lipinski definition) is 7. The van der Waals surface area contributed by atoms with Gasteiger partial charge in [-0.3, -0.25) is 4.79 Å². The van der Waals surface area contributed by atoms with E-state index in [1.165, 1.54) is 12.3 Å². The molecule has 2 fully saturated rings. The lowest BCUT2D eigenvalue weighted by Gasteiger charge is -2.26. The van der Waals surface area contributed by atoms with Crippen molar-refractivity contribution < 1.29 is 14.3 Å². The van der Waals surface area contributed by atoms with Crippen LogP contribution < -0.4 is 15.1 Å². The second-order valence-corrected chi connectivity index (χ2v) is 9.61. The van der Waals surface area contributed by atoms with Crippen LogP contribution in [-0.4, -0.2) is 56.3 Å². The lowest BCUT2D eigenvalue weighted by atomic mass is 10.0. The van der Waals surface area contributed by atoms with Crippen LogP contribution in [0.15, 0.2) is 60.9 Å². The number of β-amino-alcohol motifs (C(OH)–C–C–N with tert-alkyl or cyclic N) is 1. The first kappa shape index (κ1) is 23.4. The zero-order valence-corrected chi connectivity index (χ0v) is 20.3. The molecule has 9 nitrogen and oxygen atoms in total. The molecule has 190 valence electrons. The summed E-state index contributed by atoms with van der Waals surface area (Å²) in [6.07, 6.45) is 5.59. The summed E-state index contributed by atoms with van der Waals surface area (Å²) in [5.41, 5.74) is 2.71. The van der Waals surface area contributed by atoms with E-state index in [-0.39, 0.29) is 23.9 Å². The van der Waals surface area contributed by atoms with Gasteiger partial charge in [0.15, 0.2) is 11.3 Å². The van der Waals surface area contributed by atoms with Crippen molar-refractivity contribution in [3.05, 3.63) is 83.6 Å². The number of aliphatic hydroxyl groups excluding tert-OH is 1. The number of hydrogen-bond donors (Lipinski definition) is 2. The Morgan fingerprint density at radius 1 is 1.05 bits per heavy atom. The number of imidazole rings is 1. The topological polar surface area (TPSA) is 98.9 Å². The Morgan fingerprint density at radius 3 is 2.73 bits per heavy atom. The molecule has 3 aromatic heterocycles. The second-order valence-electron chi connectivity index (χ2n) is 9.61. The lowest BCUT2D eigenvalue weighted by molar-refractivity contribution is 0.0944. The zero-order valence-electron chi connectivity index (χ0n) is 20.3. The summed E-state index contributed by atoms with van der Waals surface area (Å²) in [5.74, 6) is 1.01. The summed E-state index contributed by atoms with van der Waals surface area (Å²) < 4.78 is 15.4. The maximum Gasteiger partial charge on any atom is 0.271 e. The molecular formula is C27H28FN7O2. The molecule has 5 heterocycles. The molecule has 0 unspecified atom stereocenters. The van der Waals surface area contributed by atoms with Gasteiger partial charge in [0.1, 0.15) is 17.5 Å². The third kappa shape index (κ3) is 4.72. The monoisotopic (exact) mass is 501 g/mol. The maximum atomic E-state index is 13.9. The van der Waals surface area contributed by atoms with Crippen molar-refractivity contribution in [2.24, 2.45) is 0 Å². The van der Waals surface area contributed by atoms with Gasteiger partial charge in [-0.2, -0.15) is 0 Å². The van der Waals surface area contributed by atoms with Crippen molar-refractivity contribution in [2.45, 2.75) is 38.0 Å². The van der Waals surface area contributed by atoms with Gasteiger partial charge in [-0.15, -0.1) is 5.10 Å². The van der Waals surface area contributed by atoms with Crippen molar-refractivity contribution in [2.75, 3.05) is 29.4 Å².